The molecule has 4 nitrogen and oxygen atoms in total. The molecule has 0 saturated heterocycles. The summed E-state index contributed by atoms with van der Waals surface area (Å²) in [6.45, 7) is 2.30. The van der Waals surface area contributed by atoms with E-state index >= 15 is 0 Å². The first kappa shape index (κ1) is 14.7. The molecule has 0 radical (unpaired) electrons. The minimum Gasteiger partial charge on any atom is -0.477 e. The van der Waals surface area contributed by atoms with Gasteiger partial charge in [0.25, 0.3) is 0 Å². The van der Waals surface area contributed by atoms with E-state index in [9.17, 15) is 13.2 Å². The van der Waals surface area contributed by atoms with Gasteiger partial charge in [0.15, 0.2) is 0 Å². The molecule has 1 saturated carbocycles. The number of halogens is 3. The Bertz CT molecular complexity index is 667. The van der Waals surface area contributed by atoms with Crippen molar-refractivity contribution in [1.29, 1.82) is 0 Å². The molecule has 0 spiro atoms. The van der Waals surface area contributed by atoms with Crippen molar-refractivity contribution in [2.24, 2.45) is 5.92 Å². The summed E-state index contributed by atoms with van der Waals surface area (Å²) in [6, 6.07) is 2.30. The molecule has 0 bridgehead atoms. The molecule has 0 atom stereocenters. The Morgan fingerprint density at radius 3 is 2.55 bits per heavy atom. The minimum atomic E-state index is -4.45. The molecular weight excluding hydrogens is 295 g/mol. The van der Waals surface area contributed by atoms with E-state index in [2.05, 4.69) is 15.0 Å². The van der Waals surface area contributed by atoms with Crippen molar-refractivity contribution in [3.8, 4) is 17.0 Å². The van der Waals surface area contributed by atoms with Crippen LogP contribution in [0.1, 0.15) is 24.4 Å². The van der Waals surface area contributed by atoms with E-state index in [0.29, 0.717) is 35.4 Å². The van der Waals surface area contributed by atoms with Gasteiger partial charge in [0, 0.05) is 18.0 Å². The highest BCUT2D eigenvalue weighted by atomic mass is 19.4. The molecule has 2 heterocycles. The van der Waals surface area contributed by atoms with Crippen LogP contribution in [-0.4, -0.2) is 21.6 Å². The summed E-state index contributed by atoms with van der Waals surface area (Å²) < 4.78 is 43.4. The van der Waals surface area contributed by atoms with Gasteiger partial charge >= 0.3 is 6.18 Å². The molecule has 116 valence electrons. The Hall–Kier alpha value is -2.18. The van der Waals surface area contributed by atoms with Gasteiger partial charge in [-0.15, -0.1) is 0 Å². The van der Waals surface area contributed by atoms with Crippen molar-refractivity contribution < 1.29 is 17.9 Å². The van der Waals surface area contributed by atoms with Gasteiger partial charge in [-0.25, -0.2) is 4.98 Å². The van der Waals surface area contributed by atoms with Crippen molar-refractivity contribution in [3.63, 3.8) is 0 Å². The molecule has 7 heteroatoms. The summed E-state index contributed by atoms with van der Waals surface area (Å²) in [6.07, 6.45) is 0.547. The fourth-order valence-corrected chi connectivity index (χ4v) is 1.96. The van der Waals surface area contributed by atoms with Gasteiger partial charge < -0.3 is 4.74 Å². The van der Waals surface area contributed by atoms with Crippen LogP contribution in [0.5, 0.6) is 5.88 Å². The van der Waals surface area contributed by atoms with Gasteiger partial charge in [0.05, 0.1) is 12.2 Å². The topological polar surface area (TPSA) is 47.9 Å². The molecule has 1 aliphatic rings. The Balaban J connectivity index is 1.89. The Labute approximate surface area is 125 Å². The van der Waals surface area contributed by atoms with Crippen molar-refractivity contribution in [2.45, 2.75) is 25.9 Å². The fourth-order valence-electron chi connectivity index (χ4n) is 1.96. The largest absolute Gasteiger partial charge is 0.477 e. The minimum absolute atomic E-state index is 0.390. The van der Waals surface area contributed by atoms with Crippen molar-refractivity contribution in [2.75, 3.05) is 6.61 Å². The van der Waals surface area contributed by atoms with E-state index in [-0.39, 0.29) is 0 Å². The first-order valence-electron chi connectivity index (χ1n) is 6.93. The number of rotatable bonds is 4. The third kappa shape index (κ3) is 3.35. The van der Waals surface area contributed by atoms with Crippen LogP contribution in [0.15, 0.2) is 24.5 Å². The van der Waals surface area contributed by atoms with Gasteiger partial charge in [0.2, 0.25) is 5.88 Å². The highest BCUT2D eigenvalue weighted by molar-refractivity contribution is 5.66. The average molecular weight is 309 g/mol. The lowest BCUT2D eigenvalue weighted by Gasteiger charge is -2.11. The van der Waals surface area contributed by atoms with Crippen LogP contribution in [0.2, 0.25) is 0 Å². The predicted octanol–water partition coefficient (Wildman–Crippen LogP) is 3.65. The van der Waals surface area contributed by atoms with E-state index in [4.69, 9.17) is 4.74 Å². The van der Waals surface area contributed by atoms with Crippen molar-refractivity contribution in [1.82, 2.24) is 15.0 Å². The molecule has 2 aromatic rings. The van der Waals surface area contributed by atoms with Crippen LogP contribution in [0, 0.1) is 12.8 Å². The fraction of sp³-hybridized carbons (Fsp3) is 0.400. The van der Waals surface area contributed by atoms with Crippen LogP contribution in [0.3, 0.4) is 0 Å². The van der Waals surface area contributed by atoms with Crippen LogP contribution in [0.25, 0.3) is 11.1 Å². The highest BCUT2D eigenvalue weighted by Gasteiger charge is 2.32. The third-order valence-corrected chi connectivity index (χ3v) is 3.39. The molecule has 22 heavy (non-hydrogen) atoms. The van der Waals surface area contributed by atoms with Gasteiger partial charge in [-0.05, 0) is 31.7 Å². The second-order valence-corrected chi connectivity index (χ2v) is 5.32. The summed E-state index contributed by atoms with van der Waals surface area (Å²) >= 11 is 0. The maximum Gasteiger partial charge on any atom is 0.433 e. The van der Waals surface area contributed by atoms with E-state index in [1.807, 2.05) is 0 Å². The second kappa shape index (κ2) is 5.55. The molecule has 2 aromatic heterocycles. The number of pyridine rings is 1. The zero-order valence-electron chi connectivity index (χ0n) is 11.9. The standard InChI is InChI=1S/C15H14F3N3O/c1-9-19-7-12(14(21-9)22-8-10-2-3-10)11-4-5-13(20-6-11)15(16,17)18/h4-7,10H,2-3,8H2,1H3. The average Bonchev–Trinajstić information content (AvgIpc) is 3.29. The number of ether oxygens (including phenoxy) is 1. The van der Waals surface area contributed by atoms with Crippen molar-refractivity contribution >= 4 is 0 Å². The lowest BCUT2D eigenvalue weighted by molar-refractivity contribution is -0.141. The third-order valence-electron chi connectivity index (χ3n) is 3.39. The molecule has 0 unspecified atom stereocenters. The maximum atomic E-state index is 12.6. The summed E-state index contributed by atoms with van der Waals surface area (Å²) in [4.78, 5) is 11.8. The quantitative estimate of drug-likeness (QED) is 0.865. The number of aryl methyl sites for hydroxylation is 1. The molecular formula is C15H14F3N3O. The van der Waals surface area contributed by atoms with Gasteiger partial charge in [-0.2, -0.15) is 18.2 Å². The van der Waals surface area contributed by atoms with E-state index in [1.165, 1.54) is 12.3 Å². The molecule has 0 amide bonds. The molecule has 1 fully saturated rings. The zero-order chi connectivity index (χ0) is 15.7. The molecule has 0 aromatic carbocycles. The van der Waals surface area contributed by atoms with Crippen LogP contribution >= 0.6 is 0 Å². The zero-order valence-corrected chi connectivity index (χ0v) is 11.9. The molecule has 0 N–H and O–H groups in total. The van der Waals surface area contributed by atoms with Crippen LogP contribution < -0.4 is 4.74 Å². The maximum absolute atomic E-state index is 12.6. The number of hydrogen-bond acceptors (Lipinski definition) is 4. The lowest BCUT2D eigenvalue weighted by Crippen LogP contribution is -2.08. The summed E-state index contributed by atoms with van der Waals surface area (Å²) in [5, 5.41) is 0. The first-order chi connectivity index (χ1) is 10.4. The molecule has 0 aliphatic heterocycles. The Morgan fingerprint density at radius 2 is 1.95 bits per heavy atom. The second-order valence-electron chi connectivity index (χ2n) is 5.32. The van der Waals surface area contributed by atoms with Crippen LogP contribution in [0.4, 0.5) is 13.2 Å². The monoisotopic (exact) mass is 309 g/mol. The number of hydrogen-bond donors (Lipinski definition) is 0. The summed E-state index contributed by atoms with van der Waals surface area (Å²) in [7, 11) is 0. The van der Waals surface area contributed by atoms with Crippen molar-refractivity contribution in [3.05, 3.63) is 36.0 Å². The SMILES string of the molecule is Cc1ncc(-c2ccc(C(F)(F)F)nc2)c(OCC2CC2)n1. The van der Waals surface area contributed by atoms with Crippen LogP contribution in [-0.2, 0) is 6.18 Å². The van der Waals surface area contributed by atoms with E-state index < -0.39 is 11.9 Å². The highest BCUT2D eigenvalue weighted by Crippen LogP contribution is 2.33. The van der Waals surface area contributed by atoms with Gasteiger partial charge in [-0.3, -0.25) is 4.98 Å². The molecule has 3 rings (SSSR count). The Morgan fingerprint density at radius 1 is 1.18 bits per heavy atom. The lowest BCUT2D eigenvalue weighted by atomic mass is 10.1. The molecule has 1 aliphatic carbocycles. The predicted molar refractivity (Wildman–Crippen MR) is 73.2 cm³/mol. The number of aromatic nitrogens is 3. The normalized spacial score (nSPS) is 14.9. The summed E-state index contributed by atoms with van der Waals surface area (Å²) in [5.41, 5.74) is 0.121. The summed E-state index contributed by atoms with van der Waals surface area (Å²) in [5.74, 6) is 1.49. The Kier molecular flexibility index (Phi) is 3.72. The smallest absolute Gasteiger partial charge is 0.433 e. The van der Waals surface area contributed by atoms with E-state index in [1.54, 1.807) is 13.1 Å². The number of alkyl halides is 3. The first-order valence-corrected chi connectivity index (χ1v) is 6.93. The van der Waals surface area contributed by atoms with E-state index in [0.717, 1.165) is 18.9 Å². The number of nitrogens with zero attached hydrogens (tertiary/aromatic N) is 3. The van der Waals surface area contributed by atoms with Gasteiger partial charge in [-0.1, -0.05) is 6.07 Å². The van der Waals surface area contributed by atoms with Gasteiger partial charge in [0.1, 0.15) is 11.5 Å².